The highest BCUT2D eigenvalue weighted by Gasteiger charge is 2.08. The molecule has 3 nitrogen and oxygen atoms in total. The fraction of sp³-hybridized carbons (Fsp3) is 0.300. The summed E-state index contributed by atoms with van der Waals surface area (Å²) in [6.45, 7) is 2.30. The average Bonchev–Trinajstić information content (AvgIpc) is 2.11. The van der Waals surface area contributed by atoms with E-state index in [0.717, 1.165) is 24.4 Å². The molecule has 0 amide bonds. The molecule has 1 aliphatic heterocycles. The molecular weight excluding hydrogens is 164 g/mol. The van der Waals surface area contributed by atoms with E-state index in [-0.39, 0.29) is 0 Å². The summed E-state index contributed by atoms with van der Waals surface area (Å²) in [7, 11) is 0. The average molecular weight is 176 g/mol. The van der Waals surface area contributed by atoms with Crippen molar-refractivity contribution in [3.8, 4) is 0 Å². The minimum absolute atomic E-state index is 0.560. The van der Waals surface area contributed by atoms with Crippen LogP contribution >= 0.6 is 0 Å². The topological polar surface area (TPSA) is 33.6 Å². The molecule has 13 heavy (non-hydrogen) atoms. The van der Waals surface area contributed by atoms with Crippen LogP contribution in [0.4, 0.5) is 0 Å². The van der Waals surface area contributed by atoms with Crippen molar-refractivity contribution in [1.82, 2.24) is 5.32 Å². The van der Waals surface area contributed by atoms with E-state index < -0.39 is 0 Å². The van der Waals surface area contributed by atoms with Gasteiger partial charge in [-0.2, -0.15) is 0 Å². The SMILES string of the molecule is c1ccc(CON=C2CNC2)cc1. The van der Waals surface area contributed by atoms with Gasteiger partial charge in [-0.05, 0) is 5.56 Å². The zero-order chi connectivity index (χ0) is 8.93. The van der Waals surface area contributed by atoms with Gasteiger partial charge in [0.1, 0.15) is 6.61 Å². The minimum atomic E-state index is 0.560. The number of rotatable bonds is 3. The fourth-order valence-electron chi connectivity index (χ4n) is 1.07. The Morgan fingerprint density at radius 1 is 1.23 bits per heavy atom. The predicted octanol–water partition coefficient (Wildman–Crippen LogP) is 1.16. The van der Waals surface area contributed by atoms with Crippen LogP contribution in [0.25, 0.3) is 0 Å². The Balaban J connectivity index is 1.79. The molecule has 0 saturated carbocycles. The van der Waals surface area contributed by atoms with Gasteiger partial charge in [-0.3, -0.25) is 0 Å². The van der Waals surface area contributed by atoms with E-state index in [9.17, 15) is 0 Å². The molecule has 0 aliphatic carbocycles. The molecule has 3 heteroatoms. The molecule has 1 saturated heterocycles. The number of benzene rings is 1. The summed E-state index contributed by atoms with van der Waals surface area (Å²) in [5.41, 5.74) is 2.25. The van der Waals surface area contributed by atoms with Gasteiger partial charge in [0, 0.05) is 13.1 Å². The predicted molar refractivity (Wildman–Crippen MR) is 51.5 cm³/mol. The van der Waals surface area contributed by atoms with E-state index in [1.165, 1.54) is 0 Å². The molecule has 0 spiro atoms. The van der Waals surface area contributed by atoms with Crippen LogP contribution in [0.2, 0.25) is 0 Å². The van der Waals surface area contributed by atoms with Crippen LogP contribution in [0.5, 0.6) is 0 Å². The summed E-state index contributed by atoms with van der Waals surface area (Å²) >= 11 is 0. The summed E-state index contributed by atoms with van der Waals surface area (Å²) in [5.74, 6) is 0. The third kappa shape index (κ3) is 2.29. The van der Waals surface area contributed by atoms with Crippen molar-refractivity contribution in [3.63, 3.8) is 0 Å². The van der Waals surface area contributed by atoms with Crippen LogP contribution in [-0.2, 0) is 11.4 Å². The lowest BCUT2D eigenvalue weighted by Gasteiger charge is -2.15. The van der Waals surface area contributed by atoms with Crippen molar-refractivity contribution in [1.29, 1.82) is 0 Å². The molecule has 0 aromatic heterocycles. The van der Waals surface area contributed by atoms with Crippen molar-refractivity contribution in [2.24, 2.45) is 5.16 Å². The van der Waals surface area contributed by atoms with Gasteiger partial charge >= 0.3 is 0 Å². The van der Waals surface area contributed by atoms with Gasteiger partial charge in [-0.25, -0.2) is 0 Å². The molecule has 68 valence electrons. The highest BCUT2D eigenvalue weighted by Crippen LogP contribution is 2.01. The smallest absolute Gasteiger partial charge is 0.142 e. The van der Waals surface area contributed by atoms with E-state index in [2.05, 4.69) is 10.5 Å². The quantitative estimate of drug-likeness (QED) is 0.701. The maximum Gasteiger partial charge on any atom is 0.142 e. The largest absolute Gasteiger partial charge is 0.391 e. The standard InChI is InChI=1S/C10H12N2O/c1-2-4-9(5-3-1)8-13-12-10-6-11-7-10/h1-5,11H,6-8H2. The van der Waals surface area contributed by atoms with Gasteiger partial charge in [0.25, 0.3) is 0 Å². The van der Waals surface area contributed by atoms with Crippen molar-refractivity contribution in [2.75, 3.05) is 13.1 Å². The Hall–Kier alpha value is -1.35. The Morgan fingerprint density at radius 3 is 2.62 bits per heavy atom. The normalized spacial score (nSPS) is 14.9. The van der Waals surface area contributed by atoms with Crippen molar-refractivity contribution in [3.05, 3.63) is 35.9 Å². The summed E-state index contributed by atoms with van der Waals surface area (Å²) in [4.78, 5) is 5.17. The van der Waals surface area contributed by atoms with E-state index in [1.807, 2.05) is 30.3 Å². The molecule has 1 heterocycles. The molecule has 0 unspecified atom stereocenters. The highest BCUT2D eigenvalue weighted by molar-refractivity contribution is 5.92. The Bertz CT molecular complexity index is 289. The summed E-state index contributed by atoms with van der Waals surface area (Å²) in [6, 6.07) is 10.0. The first-order chi connectivity index (χ1) is 6.45. The molecule has 1 N–H and O–H groups in total. The number of oxime groups is 1. The molecule has 0 radical (unpaired) electrons. The maximum atomic E-state index is 5.17. The fourth-order valence-corrected chi connectivity index (χ4v) is 1.07. The summed E-state index contributed by atoms with van der Waals surface area (Å²) in [6.07, 6.45) is 0. The van der Waals surface area contributed by atoms with Crippen LogP contribution in [0.1, 0.15) is 5.56 Å². The number of nitrogens with one attached hydrogen (secondary N) is 1. The lowest BCUT2D eigenvalue weighted by molar-refractivity contribution is 0.128. The van der Waals surface area contributed by atoms with Gasteiger partial charge in [0.05, 0.1) is 5.71 Å². The molecule has 1 aliphatic rings. The lowest BCUT2D eigenvalue weighted by atomic mass is 10.2. The molecule has 2 rings (SSSR count). The zero-order valence-corrected chi connectivity index (χ0v) is 7.36. The summed E-state index contributed by atoms with van der Waals surface area (Å²) < 4.78 is 0. The van der Waals surface area contributed by atoms with Gasteiger partial charge < -0.3 is 10.2 Å². The Labute approximate surface area is 77.4 Å². The van der Waals surface area contributed by atoms with E-state index >= 15 is 0 Å². The van der Waals surface area contributed by atoms with E-state index in [1.54, 1.807) is 0 Å². The Kier molecular flexibility index (Phi) is 2.57. The van der Waals surface area contributed by atoms with Crippen LogP contribution < -0.4 is 5.32 Å². The van der Waals surface area contributed by atoms with Crippen LogP contribution in [-0.4, -0.2) is 18.8 Å². The first kappa shape index (κ1) is 8.26. The third-order valence-corrected chi connectivity index (χ3v) is 1.93. The van der Waals surface area contributed by atoms with E-state index in [4.69, 9.17) is 4.84 Å². The molecular formula is C10H12N2O. The molecule has 0 atom stereocenters. The van der Waals surface area contributed by atoms with Gasteiger partial charge in [-0.1, -0.05) is 35.5 Å². The minimum Gasteiger partial charge on any atom is -0.391 e. The summed E-state index contributed by atoms with van der Waals surface area (Å²) in [5, 5.41) is 7.08. The second-order valence-corrected chi connectivity index (χ2v) is 3.02. The molecule has 0 bridgehead atoms. The highest BCUT2D eigenvalue weighted by atomic mass is 16.6. The molecule has 1 fully saturated rings. The van der Waals surface area contributed by atoms with Gasteiger partial charge in [-0.15, -0.1) is 0 Å². The maximum absolute atomic E-state index is 5.17. The van der Waals surface area contributed by atoms with Crippen LogP contribution in [0, 0.1) is 0 Å². The van der Waals surface area contributed by atoms with E-state index in [0.29, 0.717) is 6.61 Å². The van der Waals surface area contributed by atoms with Crippen molar-refractivity contribution < 1.29 is 4.84 Å². The van der Waals surface area contributed by atoms with Crippen LogP contribution in [0.3, 0.4) is 0 Å². The third-order valence-electron chi connectivity index (χ3n) is 1.93. The van der Waals surface area contributed by atoms with Crippen molar-refractivity contribution in [2.45, 2.75) is 6.61 Å². The van der Waals surface area contributed by atoms with Crippen molar-refractivity contribution >= 4 is 5.71 Å². The number of hydrogen-bond donors (Lipinski definition) is 1. The first-order valence-corrected chi connectivity index (χ1v) is 4.37. The second-order valence-electron chi connectivity index (χ2n) is 3.02. The second kappa shape index (κ2) is 4.05. The lowest BCUT2D eigenvalue weighted by Crippen LogP contribution is -2.42. The molecule has 1 aromatic carbocycles. The molecule has 1 aromatic rings. The van der Waals surface area contributed by atoms with Gasteiger partial charge in [0.15, 0.2) is 0 Å². The zero-order valence-electron chi connectivity index (χ0n) is 7.36. The van der Waals surface area contributed by atoms with Gasteiger partial charge in [0.2, 0.25) is 0 Å². The Morgan fingerprint density at radius 2 is 2.00 bits per heavy atom. The number of hydrogen-bond acceptors (Lipinski definition) is 3. The van der Waals surface area contributed by atoms with Crippen LogP contribution in [0.15, 0.2) is 35.5 Å². The number of nitrogens with zero attached hydrogens (tertiary/aromatic N) is 1. The first-order valence-electron chi connectivity index (χ1n) is 4.37. The monoisotopic (exact) mass is 176 g/mol.